The predicted molar refractivity (Wildman–Crippen MR) is 71.9 cm³/mol. The summed E-state index contributed by atoms with van der Waals surface area (Å²) < 4.78 is 0. The summed E-state index contributed by atoms with van der Waals surface area (Å²) in [5, 5.41) is 11.2. The van der Waals surface area contributed by atoms with Crippen molar-refractivity contribution in [1.29, 1.82) is 5.26 Å². The molecular formula is C16H8N2. The molecule has 2 aromatic rings. The van der Waals surface area contributed by atoms with E-state index in [2.05, 4.69) is 35.3 Å². The molecule has 2 nitrogen and oxygen atoms in total. The second kappa shape index (κ2) is 3.18. The molecule has 0 bridgehead atoms. The van der Waals surface area contributed by atoms with Gasteiger partial charge in [0.05, 0.1) is 11.3 Å². The van der Waals surface area contributed by atoms with Crippen molar-refractivity contribution < 1.29 is 0 Å². The van der Waals surface area contributed by atoms with Crippen molar-refractivity contribution in [1.82, 2.24) is 0 Å². The van der Waals surface area contributed by atoms with Crippen molar-refractivity contribution in [2.24, 2.45) is 4.99 Å². The summed E-state index contributed by atoms with van der Waals surface area (Å²) in [5.74, 6) is 0. The molecule has 0 atom stereocenters. The second-order valence-electron chi connectivity index (χ2n) is 4.44. The Kier molecular flexibility index (Phi) is 1.66. The van der Waals surface area contributed by atoms with E-state index in [0.29, 0.717) is 5.57 Å². The molecule has 2 aliphatic rings. The standard InChI is InChI=1S/C16H8N2/c17-8-12-9-18-16-14(12)6-5-11-7-10-3-1-2-4-13(10)15(11)16/h1-7,9H. The largest absolute Gasteiger partial charge is 0.254 e. The number of fused-ring (bicyclic) bond motifs is 5. The summed E-state index contributed by atoms with van der Waals surface area (Å²) in [6.07, 6.45) is 3.83. The maximum Gasteiger partial charge on any atom is 0.101 e. The lowest BCUT2D eigenvalue weighted by Crippen LogP contribution is -2.10. The molecule has 0 fully saturated rings. The Morgan fingerprint density at radius 2 is 1.94 bits per heavy atom. The van der Waals surface area contributed by atoms with Crippen LogP contribution in [0.4, 0.5) is 5.69 Å². The first-order valence-corrected chi connectivity index (χ1v) is 5.81. The van der Waals surface area contributed by atoms with Crippen LogP contribution in [0.2, 0.25) is 0 Å². The molecule has 4 rings (SSSR count). The molecule has 0 saturated heterocycles. The van der Waals surface area contributed by atoms with Gasteiger partial charge in [0.25, 0.3) is 0 Å². The highest BCUT2D eigenvalue weighted by atomic mass is 14.7. The molecule has 0 spiro atoms. The molecule has 2 aromatic carbocycles. The van der Waals surface area contributed by atoms with Crippen LogP contribution < -0.4 is 10.4 Å². The molecule has 1 aliphatic carbocycles. The molecule has 18 heavy (non-hydrogen) atoms. The number of hydrogen-bond donors (Lipinski definition) is 0. The summed E-state index contributed by atoms with van der Waals surface area (Å²) in [7, 11) is 0. The van der Waals surface area contributed by atoms with Crippen LogP contribution in [0, 0.1) is 11.3 Å². The van der Waals surface area contributed by atoms with Crippen LogP contribution in [0.1, 0.15) is 5.56 Å². The van der Waals surface area contributed by atoms with Gasteiger partial charge in [0, 0.05) is 17.0 Å². The van der Waals surface area contributed by atoms with Crippen molar-refractivity contribution in [3.05, 3.63) is 52.4 Å². The average Bonchev–Trinajstić information content (AvgIpc) is 2.98. The Balaban J connectivity index is 2.20. The van der Waals surface area contributed by atoms with Crippen molar-refractivity contribution in [3.8, 4) is 17.2 Å². The van der Waals surface area contributed by atoms with E-state index in [1.54, 1.807) is 6.21 Å². The minimum atomic E-state index is 0.650. The smallest absolute Gasteiger partial charge is 0.101 e. The van der Waals surface area contributed by atoms with Gasteiger partial charge >= 0.3 is 0 Å². The fourth-order valence-corrected chi connectivity index (χ4v) is 2.67. The van der Waals surface area contributed by atoms with Crippen molar-refractivity contribution in [2.45, 2.75) is 0 Å². The topological polar surface area (TPSA) is 36.1 Å². The maximum absolute atomic E-state index is 9.07. The van der Waals surface area contributed by atoms with E-state index in [0.717, 1.165) is 16.5 Å². The van der Waals surface area contributed by atoms with Gasteiger partial charge in [0.1, 0.15) is 6.07 Å². The number of aliphatic imine (C=N–C) groups is 1. The summed E-state index contributed by atoms with van der Waals surface area (Å²) in [6.45, 7) is 0. The molecule has 0 saturated carbocycles. The first-order chi connectivity index (χ1) is 8.88. The van der Waals surface area contributed by atoms with Gasteiger partial charge in [-0.2, -0.15) is 5.26 Å². The number of nitrogens with zero attached hydrogens (tertiary/aromatic N) is 2. The first kappa shape index (κ1) is 9.38. The van der Waals surface area contributed by atoms with E-state index < -0.39 is 0 Å². The lowest BCUT2D eigenvalue weighted by atomic mass is 10.0. The summed E-state index contributed by atoms with van der Waals surface area (Å²) in [5.41, 5.74) is 5.18. The highest BCUT2D eigenvalue weighted by molar-refractivity contribution is 6.14. The zero-order valence-electron chi connectivity index (χ0n) is 9.51. The van der Waals surface area contributed by atoms with Gasteiger partial charge in [-0.1, -0.05) is 36.4 Å². The van der Waals surface area contributed by atoms with E-state index in [1.807, 2.05) is 18.2 Å². The Morgan fingerprint density at radius 3 is 2.83 bits per heavy atom. The van der Waals surface area contributed by atoms with E-state index >= 15 is 0 Å². The lowest BCUT2D eigenvalue weighted by molar-refractivity contribution is 1.48. The van der Waals surface area contributed by atoms with Crippen LogP contribution in [0.25, 0.3) is 22.8 Å². The maximum atomic E-state index is 9.07. The zero-order valence-corrected chi connectivity index (χ0v) is 9.51. The highest BCUT2D eigenvalue weighted by Gasteiger charge is 2.18. The summed E-state index contributed by atoms with van der Waals surface area (Å²) >= 11 is 0. The quantitative estimate of drug-likeness (QED) is 0.578. The van der Waals surface area contributed by atoms with Gasteiger partial charge in [0.15, 0.2) is 0 Å². The third-order valence-electron chi connectivity index (χ3n) is 3.48. The van der Waals surface area contributed by atoms with Gasteiger partial charge in [-0.3, -0.25) is 4.99 Å². The van der Waals surface area contributed by atoms with Gasteiger partial charge in [0.2, 0.25) is 0 Å². The molecule has 0 N–H and O–H groups in total. The van der Waals surface area contributed by atoms with Crippen molar-refractivity contribution >= 4 is 23.6 Å². The molecule has 0 aromatic heterocycles. The summed E-state index contributed by atoms with van der Waals surface area (Å²) in [4.78, 5) is 4.42. The van der Waals surface area contributed by atoms with Crippen LogP contribution in [0.5, 0.6) is 0 Å². The highest BCUT2D eigenvalue weighted by Crippen LogP contribution is 2.32. The van der Waals surface area contributed by atoms with E-state index in [4.69, 9.17) is 5.26 Å². The number of rotatable bonds is 0. The molecule has 0 radical (unpaired) electrons. The average molecular weight is 228 g/mol. The van der Waals surface area contributed by atoms with E-state index in [1.165, 1.54) is 16.3 Å². The Morgan fingerprint density at radius 1 is 1.06 bits per heavy atom. The van der Waals surface area contributed by atoms with Crippen LogP contribution in [-0.2, 0) is 0 Å². The molecule has 1 heterocycles. The molecule has 2 heteroatoms. The normalized spacial score (nSPS) is 13.6. The molecule has 0 unspecified atom stereocenters. The Bertz CT molecular complexity index is 880. The predicted octanol–water partition coefficient (Wildman–Crippen LogP) is 1.89. The first-order valence-electron chi connectivity index (χ1n) is 5.81. The van der Waals surface area contributed by atoms with Crippen LogP contribution >= 0.6 is 0 Å². The van der Waals surface area contributed by atoms with Crippen LogP contribution in [0.3, 0.4) is 0 Å². The lowest BCUT2D eigenvalue weighted by Gasteiger charge is -2.03. The second-order valence-corrected chi connectivity index (χ2v) is 4.44. The minimum absolute atomic E-state index is 0.650. The van der Waals surface area contributed by atoms with E-state index in [-0.39, 0.29) is 0 Å². The van der Waals surface area contributed by atoms with Crippen LogP contribution in [-0.4, -0.2) is 6.21 Å². The third kappa shape index (κ3) is 1.03. The molecule has 0 amide bonds. The fourth-order valence-electron chi connectivity index (χ4n) is 2.67. The van der Waals surface area contributed by atoms with Gasteiger partial charge in [-0.25, -0.2) is 0 Å². The van der Waals surface area contributed by atoms with Crippen molar-refractivity contribution in [2.75, 3.05) is 0 Å². The number of nitriles is 1. The molecular weight excluding hydrogens is 220 g/mol. The molecule has 1 aliphatic heterocycles. The third-order valence-corrected chi connectivity index (χ3v) is 3.48. The molecule has 82 valence electrons. The van der Waals surface area contributed by atoms with Gasteiger partial charge < -0.3 is 0 Å². The van der Waals surface area contributed by atoms with Crippen molar-refractivity contribution in [3.63, 3.8) is 0 Å². The van der Waals surface area contributed by atoms with Crippen LogP contribution in [0.15, 0.2) is 41.4 Å². The monoisotopic (exact) mass is 228 g/mol. The van der Waals surface area contributed by atoms with E-state index in [9.17, 15) is 0 Å². The number of benzene rings is 2. The minimum Gasteiger partial charge on any atom is -0.254 e. The fraction of sp³-hybridized carbons (Fsp3) is 0. The Labute approximate surface area is 104 Å². The Hall–Kier alpha value is -2.66. The van der Waals surface area contributed by atoms with Gasteiger partial charge in [-0.05, 0) is 22.4 Å². The SMILES string of the molecule is N#CC1=c2ccc3c(c2N=C1)-c1ccccc1C=3. The zero-order chi connectivity index (χ0) is 12.1. The number of hydrogen-bond acceptors (Lipinski definition) is 2. The van der Waals surface area contributed by atoms with Gasteiger partial charge in [-0.15, -0.1) is 0 Å². The summed E-state index contributed by atoms with van der Waals surface area (Å²) in [6, 6.07) is 14.5.